The number of hydrogen-bond acceptors (Lipinski definition) is 4. The molecule has 1 unspecified atom stereocenters. The standard InChI is InChI=1S/C36H44N2O5/c1-33(2,3)43-32(42)37-22-19-36(20-23-37,27-10-8-7-9-11-27)31(41)38-21-17-29-34(4,5)28(16-18-35(29,6)24-38)25-12-14-26(15-13-25)30(39)40/h7-17H,18-24H2,1-6H3,(H,39,40). The lowest BCUT2D eigenvalue weighted by Gasteiger charge is -2.52. The number of carbonyl (C=O) groups is 3. The van der Waals surface area contributed by atoms with Crippen LogP contribution in [0.5, 0.6) is 0 Å². The Balaban J connectivity index is 1.40. The maximum absolute atomic E-state index is 14.6. The number of likely N-dealkylation sites (tertiary alicyclic amines) is 1. The minimum absolute atomic E-state index is 0.121. The Morgan fingerprint density at radius 3 is 2.07 bits per heavy atom. The van der Waals surface area contributed by atoms with Gasteiger partial charge in [0.05, 0.1) is 11.0 Å². The zero-order valence-electron chi connectivity index (χ0n) is 26.3. The number of carbonyl (C=O) groups excluding carboxylic acids is 2. The third-order valence-corrected chi connectivity index (χ3v) is 9.54. The van der Waals surface area contributed by atoms with Crippen LogP contribution < -0.4 is 0 Å². The monoisotopic (exact) mass is 584 g/mol. The third-order valence-electron chi connectivity index (χ3n) is 9.54. The molecule has 0 saturated carbocycles. The van der Waals surface area contributed by atoms with E-state index in [2.05, 4.69) is 32.9 Å². The van der Waals surface area contributed by atoms with E-state index in [1.165, 1.54) is 11.1 Å². The van der Waals surface area contributed by atoms with Gasteiger partial charge in [-0.2, -0.15) is 0 Å². The van der Waals surface area contributed by atoms with Gasteiger partial charge in [-0.3, -0.25) is 4.79 Å². The molecule has 7 heteroatoms. The lowest BCUT2D eigenvalue weighted by Crippen LogP contribution is -2.57. The van der Waals surface area contributed by atoms with Crippen LogP contribution in [0.2, 0.25) is 0 Å². The normalized spacial score (nSPS) is 23.0. The molecule has 1 N–H and O–H groups in total. The number of fused-ring (bicyclic) bond motifs is 1. The number of aromatic carboxylic acids is 1. The summed E-state index contributed by atoms with van der Waals surface area (Å²) in [7, 11) is 0. The van der Waals surface area contributed by atoms with Crippen LogP contribution in [-0.4, -0.2) is 64.7 Å². The fraction of sp³-hybridized carbons (Fsp3) is 0.472. The number of hydrogen-bond donors (Lipinski definition) is 1. The number of allylic oxidation sites excluding steroid dienone is 2. The molecule has 0 bridgehead atoms. The predicted octanol–water partition coefficient (Wildman–Crippen LogP) is 6.94. The highest BCUT2D eigenvalue weighted by atomic mass is 16.6. The van der Waals surface area contributed by atoms with E-state index in [0.29, 0.717) is 39.0 Å². The maximum Gasteiger partial charge on any atom is 0.410 e. The van der Waals surface area contributed by atoms with Crippen molar-refractivity contribution >= 4 is 23.5 Å². The van der Waals surface area contributed by atoms with Gasteiger partial charge in [0.15, 0.2) is 0 Å². The van der Waals surface area contributed by atoms with E-state index in [-0.39, 0.29) is 28.4 Å². The van der Waals surface area contributed by atoms with Gasteiger partial charge in [0.2, 0.25) is 5.91 Å². The molecule has 5 rings (SSSR count). The van der Waals surface area contributed by atoms with Crippen molar-refractivity contribution in [3.8, 4) is 0 Å². The third kappa shape index (κ3) is 5.74. The Morgan fingerprint density at radius 2 is 1.49 bits per heavy atom. The molecule has 43 heavy (non-hydrogen) atoms. The van der Waals surface area contributed by atoms with Crippen LogP contribution in [0, 0.1) is 10.8 Å². The van der Waals surface area contributed by atoms with Crippen molar-refractivity contribution in [3.63, 3.8) is 0 Å². The van der Waals surface area contributed by atoms with Crippen molar-refractivity contribution in [2.75, 3.05) is 26.2 Å². The molecular weight excluding hydrogens is 540 g/mol. The highest BCUT2D eigenvalue weighted by Crippen LogP contribution is 2.55. The van der Waals surface area contributed by atoms with E-state index < -0.39 is 17.0 Å². The summed E-state index contributed by atoms with van der Waals surface area (Å²) < 4.78 is 5.63. The Morgan fingerprint density at radius 1 is 0.860 bits per heavy atom. The van der Waals surface area contributed by atoms with Crippen LogP contribution >= 0.6 is 0 Å². The molecule has 2 aromatic carbocycles. The van der Waals surface area contributed by atoms with E-state index >= 15 is 0 Å². The first-order valence-corrected chi connectivity index (χ1v) is 15.2. The first-order valence-electron chi connectivity index (χ1n) is 15.2. The average Bonchev–Trinajstić information content (AvgIpc) is 2.96. The van der Waals surface area contributed by atoms with Crippen molar-refractivity contribution in [1.82, 2.24) is 9.80 Å². The van der Waals surface area contributed by atoms with Gasteiger partial charge in [0.25, 0.3) is 0 Å². The summed E-state index contributed by atoms with van der Waals surface area (Å²) in [5, 5.41) is 9.33. The highest BCUT2D eigenvalue weighted by molar-refractivity contribution is 5.90. The van der Waals surface area contributed by atoms with Crippen LogP contribution in [0.3, 0.4) is 0 Å². The molecule has 0 spiro atoms. The summed E-state index contributed by atoms with van der Waals surface area (Å²) in [4.78, 5) is 42.6. The molecule has 2 aliphatic heterocycles. The average molecular weight is 585 g/mol. The molecule has 228 valence electrons. The molecule has 2 amide bonds. The molecule has 1 fully saturated rings. The number of nitrogens with zero attached hydrogens (tertiary/aromatic N) is 2. The van der Waals surface area contributed by atoms with Gasteiger partial charge in [-0.15, -0.1) is 0 Å². The Kier molecular flexibility index (Phi) is 7.82. The Hall–Kier alpha value is -3.87. The van der Waals surface area contributed by atoms with Gasteiger partial charge in [-0.25, -0.2) is 9.59 Å². The fourth-order valence-corrected chi connectivity index (χ4v) is 7.44. The zero-order chi connectivity index (χ0) is 31.2. The van der Waals surface area contributed by atoms with Gasteiger partial charge in [0, 0.05) is 37.0 Å². The lowest BCUT2D eigenvalue weighted by atomic mass is 9.58. The quantitative estimate of drug-likeness (QED) is 0.394. The highest BCUT2D eigenvalue weighted by Gasteiger charge is 2.51. The van der Waals surface area contributed by atoms with Crippen LogP contribution in [0.15, 0.2) is 72.3 Å². The summed E-state index contributed by atoms with van der Waals surface area (Å²) in [6, 6.07) is 17.1. The molecule has 2 aromatic rings. The van der Waals surface area contributed by atoms with Gasteiger partial charge < -0.3 is 19.6 Å². The predicted molar refractivity (Wildman–Crippen MR) is 168 cm³/mol. The molecule has 2 heterocycles. The van der Waals surface area contributed by atoms with Crippen molar-refractivity contribution < 1.29 is 24.2 Å². The van der Waals surface area contributed by atoms with Crippen LogP contribution in [0.1, 0.15) is 82.3 Å². The fourth-order valence-electron chi connectivity index (χ4n) is 7.44. The number of benzene rings is 2. The summed E-state index contributed by atoms with van der Waals surface area (Å²) in [6.45, 7) is 14.4. The van der Waals surface area contributed by atoms with Crippen LogP contribution in [0.4, 0.5) is 4.79 Å². The van der Waals surface area contributed by atoms with Crippen molar-refractivity contribution in [2.24, 2.45) is 10.8 Å². The molecule has 7 nitrogen and oxygen atoms in total. The first-order chi connectivity index (χ1) is 20.2. The number of rotatable bonds is 4. The second-order valence-electron chi connectivity index (χ2n) is 14.1. The number of carboxylic acids is 1. The lowest BCUT2D eigenvalue weighted by molar-refractivity contribution is -0.140. The van der Waals surface area contributed by atoms with E-state index in [9.17, 15) is 19.5 Å². The summed E-state index contributed by atoms with van der Waals surface area (Å²) >= 11 is 0. The minimum Gasteiger partial charge on any atom is -0.478 e. The molecule has 1 aliphatic carbocycles. The largest absolute Gasteiger partial charge is 0.478 e. The Bertz CT molecular complexity index is 1460. The molecule has 1 atom stereocenters. The number of amides is 2. The van der Waals surface area contributed by atoms with E-state index in [1.807, 2.05) is 68.1 Å². The van der Waals surface area contributed by atoms with Crippen molar-refractivity contribution in [3.05, 3.63) is 89.0 Å². The number of piperidine rings is 1. The smallest absolute Gasteiger partial charge is 0.410 e. The molecule has 0 aromatic heterocycles. The SMILES string of the molecule is CC(C)(C)OC(=O)N1CCC(C(=O)N2CC=C3C(C)(CC=C(c4ccc(C(=O)O)cc4)C3(C)C)C2)(c2ccccc2)CC1. The van der Waals surface area contributed by atoms with Crippen molar-refractivity contribution in [1.29, 1.82) is 0 Å². The Labute approximate surface area is 255 Å². The summed E-state index contributed by atoms with van der Waals surface area (Å²) in [6.07, 6.45) is 6.06. The van der Waals surface area contributed by atoms with E-state index in [4.69, 9.17) is 4.74 Å². The molecule has 1 saturated heterocycles. The molecular formula is C36H44N2O5. The van der Waals surface area contributed by atoms with Gasteiger partial charge in [-0.05, 0) is 68.9 Å². The van der Waals surface area contributed by atoms with Crippen molar-refractivity contribution in [2.45, 2.75) is 71.8 Å². The van der Waals surface area contributed by atoms with E-state index in [1.54, 1.807) is 17.0 Å². The number of carboxylic acid groups (broad SMARTS) is 1. The number of ether oxygens (including phenoxy) is 1. The molecule has 0 radical (unpaired) electrons. The van der Waals surface area contributed by atoms with Gasteiger partial charge >= 0.3 is 12.1 Å². The summed E-state index contributed by atoms with van der Waals surface area (Å²) in [5.41, 5.74) is 3.02. The maximum atomic E-state index is 14.6. The zero-order valence-corrected chi connectivity index (χ0v) is 26.3. The second-order valence-corrected chi connectivity index (χ2v) is 14.1. The minimum atomic E-state index is -0.931. The second kappa shape index (κ2) is 11.0. The van der Waals surface area contributed by atoms with Gasteiger partial charge in [0.1, 0.15) is 5.60 Å². The molecule has 3 aliphatic rings. The van der Waals surface area contributed by atoms with Gasteiger partial charge in [-0.1, -0.05) is 81.0 Å². The topological polar surface area (TPSA) is 87.2 Å². The van der Waals surface area contributed by atoms with Crippen LogP contribution in [0.25, 0.3) is 5.57 Å². The first kappa shape index (κ1) is 30.6. The van der Waals surface area contributed by atoms with E-state index in [0.717, 1.165) is 17.5 Å². The summed E-state index contributed by atoms with van der Waals surface area (Å²) in [5.74, 6) is -0.810. The van der Waals surface area contributed by atoms with Crippen LogP contribution in [-0.2, 0) is 14.9 Å².